The van der Waals surface area contributed by atoms with Crippen LogP contribution in [-0.4, -0.2) is 36.8 Å². The van der Waals surface area contributed by atoms with E-state index in [9.17, 15) is 9.59 Å². The number of halogens is 3. The Morgan fingerprint density at radius 2 is 1.76 bits per heavy atom. The molecule has 0 heterocycles. The molecule has 0 unspecified atom stereocenters. The quantitative estimate of drug-likeness (QED) is 0.213. The number of hydrogen-bond donors (Lipinski definition) is 2. The molecule has 0 aliphatic rings. The third kappa shape index (κ3) is 8.77. The molecule has 3 aromatic rings. The highest BCUT2D eigenvalue weighted by molar-refractivity contribution is 9.10. The Bertz CT molecular complexity index is 1260. The summed E-state index contributed by atoms with van der Waals surface area (Å²) in [6, 6.07) is 18.6. The van der Waals surface area contributed by atoms with Crippen LogP contribution in [-0.2, 0) is 16.0 Å². The molecule has 0 saturated carbocycles. The summed E-state index contributed by atoms with van der Waals surface area (Å²) in [5, 5.41) is 7.54. The van der Waals surface area contributed by atoms with Crippen molar-refractivity contribution in [3.8, 4) is 11.5 Å². The van der Waals surface area contributed by atoms with Crippen molar-refractivity contribution in [1.29, 1.82) is 0 Å². The van der Waals surface area contributed by atoms with Gasteiger partial charge in [-0.2, -0.15) is 5.10 Å². The topological polar surface area (TPSA) is 89.0 Å². The normalized spacial score (nSPS) is 12.6. The number of rotatable bonds is 11. The third-order valence-electron chi connectivity index (χ3n) is 5.13. The van der Waals surface area contributed by atoms with Crippen LogP contribution < -0.4 is 20.2 Å². The van der Waals surface area contributed by atoms with Crippen LogP contribution in [0.15, 0.2) is 76.3 Å². The molecule has 0 saturated heterocycles. The number of hydrogen-bond acceptors (Lipinski definition) is 5. The number of benzene rings is 3. The molecule has 0 bridgehead atoms. The minimum absolute atomic E-state index is 0.261. The first-order valence-electron chi connectivity index (χ1n) is 11.5. The van der Waals surface area contributed by atoms with Gasteiger partial charge in [-0.25, -0.2) is 5.43 Å². The molecule has 0 radical (unpaired) electrons. The zero-order valence-electron chi connectivity index (χ0n) is 20.2. The third-order valence-corrected chi connectivity index (χ3v) is 6.28. The van der Waals surface area contributed by atoms with E-state index < -0.39 is 24.0 Å². The van der Waals surface area contributed by atoms with E-state index in [0.717, 1.165) is 15.6 Å². The summed E-state index contributed by atoms with van der Waals surface area (Å²) < 4.78 is 12.0. The Morgan fingerprint density at radius 1 is 1.03 bits per heavy atom. The van der Waals surface area contributed by atoms with Crippen molar-refractivity contribution in [2.45, 2.75) is 32.4 Å². The summed E-state index contributed by atoms with van der Waals surface area (Å²) >= 11 is 15.5. The molecule has 0 spiro atoms. The van der Waals surface area contributed by atoms with Gasteiger partial charge in [0, 0.05) is 11.4 Å². The van der Waals surface area contributed by atoms with Gasteiger partial charge in [0.1, 0.15) is 17.5 Å². The summed E-state index contributed by atoms with van der Waals surface area (Å²) in [5.74, 6) is 0.0612. The van der Waals surface area contributed by atoms with Gasteiger partial charge in [-0.15, -0.1) is 0 Å². The number of amides is 2. The van der Waals surface area contributed by atoms with Gasteiger partial charge in [-0.1, -0.05) is 53.5 Å². The van der Waals surface area contributed by atoms with Crippen molar-refractivity contribution in [3.05, 3.63) is 92.4 Å². The lowest BCUT2D eigenvalue weighted by molar-refractivity contribution is -0.132. The summed E-state index contributed by atoms with van der Waals surface area (Å²) in [7, 11) is 0. The predicted octanol–water partition coefficient (Wildman–Crippen LogP) is 5.80. The van der Waals surface area contributed by atoms with Gasteiger partial charge in [-0.05, 0) is 77.3 Å². The second kappa shape index (κ2) is 14.0. The molecule has 3 aromatic carbocycles. The van der Waals surface area contributed by atoms with Gasteiger partial charge in [0.2, 0.25) is 0 Å². The van der Waals surface area contributed by atoms with Gasteiger partial charge in [0.25, 0.3) is 11.8 Å². The van der Waals surface area contributed by atoms with E-state index in [1.165, 1.54) is 12.3 Å². The van der Waals surface area contributed by atoms with E-state index in [-0.39, 0.29) is 11.4 Å². The zero-order chi connectivity index (χ0) is 26.8. The van der Waals surface area contributed by atoms with Crippen LogP contribution in [0.5, 0.6) is 11.5 Å². The van der Waals surface area contributed by atoms with Crippen molar-refractivity contribution in [2.75, 3.05) is 6.61 Å². The number of carbonyl (C=O) groups is 2. The van der Waals surface area contributed by atoms with Crippen LogP contribution in [0.1, 0.15) is 25.0 Å². The van der Waals surface area contributed by atoms with Crippen LogP contribution in [0.3, 0.4) is 0 Å². The molecule has 10 heteroatoms. The molecule has 0 aliphatic carbocycles. The van der Waals surface area contributed by atoms with Crippen LogP contribution in [0.25, 0.3) is 0 Å². The van der Waals surface area contributed by atoms with Crippen molar-refractivity contribution in [2.24, 2.45) is 5.10 Å². The van der Waals surface area contributed by atoms with E-state index >= 15 is 0 Å². The average molecular weight is 607 g/mol. The first kappa shape index (κ1) is 28.5. The molecule has 0 aliphatic heterocycles. The number of ether oxygens (including phenoxy) is 2. The Morgan fingerprint density at radius 3 is 2.43 bits per heavy atom. The smallest absolute Gasteiger partial charge is 0.262 e. The molecular formula is C27H26BrCl2N3O4. The maximum absolute atomic E-state index is 13.0. The summed E-state index contributed by atoms with van der Waals surface area (Å²) in [6.07, 6.45) is 0.847. The molecule has 37 heavy (non-hydrogen) atoms. The molecule has 2 amide bonds. The van der Waals surface area contributed by atoms with E-state index in [1.807, 2.05) is 55.5 Å². The van der Waals surface area contributed by atoms with Crippen molar-refractivity contribution in [3.63, 3.8) is 0 Å². The second-order valence-electron chi connectivity index (χ2n) is 7.94. The Kier molecular flexibility index (Phi) is 10.8. The van der Waals surface area contributed by atoms with Crippen LogP contribution in [0.2, 0.25) is 10.0 Å². The number of nitrogens with zero attached hydrogens (tertiary/aromatic N) is 1. The van der Waals surface area contributed by atoms with Gasteiger partial charge in [0.15, 0.2) is 6.10 Å². The number of carbonyl (C=O) groups excluding carboxylic acids is 2. The molecule has 2 N–H and O–H groups in total. The molecule has 3 rings (SSSR count). The first-order valence-corrected chi connectivity index (χ1v) is 13.0. The van der Waals surface area contributed by atoms with Crippen molar-refractivity contribution >= 4 is 57.2 Å². The van der Waals surface area contributed by atoms with Crippen molar-refractivity contribution in [1.82, 2.24) is 10.7 Å². The number of nitrogens with one attached hydrogen (secondary N) is 2. The highest BCUT2D eigenvalue weighted by Gasteiger charge is 2.25. The minimum atomic E-state index is -0.922. The maximum Gasteiger partial charge on any atom is 0.262 e. The molecule has 7 nitrogen and oxygen atoms in total. The van der Waals surface area contributed by atoms with E-state index in [0.29, 0.717) is 23.1 Å². The van der Waals surface area contributed by atoms with Crippen LogP contribution in [0.4, 0.5) is 0 Å². The van der Waals surface area contributed by atoms with E-state index in [2.05, 4.69) is 31.8 Å². The fraction of sp³-hybridized carbons (Fsp3) is 0.222. The monoisotopic (exact) mass is 605 g/mol. The average Bonchev–Trinajstić information content (AvgIpc) is 2.87. The highest BCUT2D eigenvalue weighted by atomic mass is 79.9. The van der Waals surface area contributed by atoms with E-state index in [1.54, 1.807) is 19.1 Å². The minimum Gasteiger partial charge on any atom is -0.493 e. The molecular weight excluding hydrogens is 581 g/mol. The van der Waals surface area contributed by atoms with Gasteiger partial charge >= 0.3 is 0 Å². The Balaban J connectivity index is 1.68. The number of hydrazone groups is 1. The predicted molar refractivity (Wildman–Crippen MR) is 150 cm³/mol. The Hall–Kier alpha value is -3.07. The first-order chi connectivity index (χ1) is 17.8. The summed E-state index contributed by atoms with van der Waals surface area (Å²) in [6.45, 7) is 4.02. The molecule has 2 atom stereocenters. The second-order valence-corrected chi connectivity index (χ2v) is 9.64. The van der Waals surface area contributed by atoms with Crippen LogP contribution in [0, 0.1) is 0 Å². The lowest BCUT2D eigenvalue weighted by Gasteiger charge is -2.21. The summed E-state index contributed by atoms with van der Waals surface area (Å²) in [4.78, 5) is 25.9. The van der Waals surface area contributed by atoms with Crippen LogP contribution >= 0.6 is 39.1 Å². The SMILES string of the molecule is CCOc1ccc(/C=N\NC(=O)[C@H](Cc2ccccc2)NC(=O)[C@@H](C)Oc2ccc(Cl)cc2Cl)cc1Br. The lowest BCUT2D eigenvalue weighted by atomic mass is 10.1. The zero-order valence-corrected chi connectivity index (χ0v) is 23.3. The lowest BCUT2D eigenvalue weighted by Crippen LogP contribution is -2.50. The van der Waals surface area contributed by atoms with E-state index in [4.69, 9.17) is 32.7 Å². The largest absolute Gasteiger partial charge is 0.493 e. The fourth-order valence-corrected chi connectivity index (χ4v) is 4.25. The van der Waals surface area contributed by atoms with Gasteiger partial charge in [-0.3, -0.25) is 9.59 Å². The van der Waals surface area contributed by atoms with Gasteiger partial charge < -0.3 is 14.8 Å². The standard InChI is InChI=1S/C27H26BrCl2N3O4/c1-3-36-24-11-9-19(13-21(24)28)16-31-33-27(35)23(14-18-7-5-4-6-8-18)32-26(34)17(2)37-25-12-10-20(29)15-22(25)30/h4-13,15-17,23H,3,14H2,1-2H3,(H,32,34)(H,33,35)/b31-16-/t17-,23+/m1/s1. The molecule has 194 valence electrons. The molecule has 0 fully saturated rings. The summed E-state index contributed by atoms with van der Waals surface area (Å²) in [5.41, 5.74) is 4.14. The van der Waals surface area contributed by atoms with Gasteiger partial charge in [0.05, 0.1) is 22.3 Å². The molecule has 0 aromatic heterocycles. The maximum atomic E-state index is 13.0. The highest BCUT2D eigenvalue weighted by Crippen LogP contribution is 2.28. The fourth-order valence-electron chi connectivity index (χ4n) is 3.28. The Labute approximate surface area is 234 Å². The van der Waals surface area contributed by atoms with Crippen molar-refractivity contribution < 1.29 is 19.1 Å².